The van der Waals surface area contributed by atoms with Gasteiger partial charge in [-0.25, -0.2) is 4.79 Å². The van der Waals surface area contributed by atoms with Gasteiger partial charge >= 0.3 is 6.16 Å². The lowest BCUT2D eigenvalue weighted by Crippen LogP contribution is -2.52. The summed E-state index contributed by atoms with van der Waals surface area (Å²) in [6.07, 6.45) is -1.49. The van der Waals surface area contributed by atoms with Gasteiger partial charge in [0, 0.05) is 9.90 Å². The number of carbonyl (C=O) groups excluding carboxylic acids is 1. The molecule has 1 saturated heterocycles. The van der Waals surface area contributed by atoms with Crippen molar-refractivity contribution >= 4 is 52.3 Å². The molecule has 0 radical (unpaired) electrons. The molecule has 3 aromatic rings. The zero-order valence-electron chi connectivity index (χ0n) is 18.3. The Morgan fingerprint density at radius 2 is 1.76 bits per heavy atom. The minimum atomic E-state index is -1.49. The molecule has 1 N–H and O–H groups in total. The van der Waals surface area contributed by atoms with Gasteiger partial charge < -0.3 is 19.3 Å². The van der Waals surface area contributed by atoms with E-state index in [9.17, 15) is 14.7 Å². The highest BCUT2D eigenvalue weighted by molar-refractivity contribution is 7.18. The number of amides is 1. The molecule has 1 fully saturated rings. The van der Waals surface area contributed by atoms with Crippen LogP contribution in [-0.2, 0) is 9.47 Å². The first-order valence-corrected chi connectivity index (χ1v) is 11.9. The summed E-state index contributed by atoms with van der Waals surface area (Å²) in [4.78, 5) is 27.4. The third kappa shape index (κ3) is 5.37. The summed E-state index contributed by atoms with van der Waals surface area (Å²) in [5.41, 5.74) is 1.33. The third-order valence-corrected chi connectivity index (χ3v) is 6.77. The molecule has 0 saturated carbocycles. The van der Waals surface area contributed by atoms with E-state index in [1.54, 1.807) is 26.0 Å². The summed E-state index contributed by atoms with van der Waals surface area (Å²) in [7, 11) is 0. The van der Waals surface area contributed by atoms with Crippen LogP contribution in [0.5, 0.6) is 5.06 Å². The molecule has 10 heteroatoms. The summed E-state index contributed by atoms with van der Waals surface area (Å²) in [6.45, 7) is 3.88. The summed E-state index contributed by atoms with van der Waals surface area (Å²) < 4.78 is 16.7. The molecule has 0 atom stereocenters. The Labute approximate surface area is 210 Å². The molecule has 2 aromatic carbocycles. The highest BCUT2D eigenvalue weighted by Gasteiger charge is 2.37. The molecule has 0 aliphatic carbocycles. The van der Waals surface area contributed by atoms with Crippen LogP contribution in [0, 0.1) is 0 Å². The number of carbonyl (C=O) groups is 2. The SMILES string of the molecule is CC1(C)OCC(N(C(=O)c2ccc(Cl)cc2Cl)c2cc(-c3ccccc3)sc2OC(=O)O)CO1. The maximum absolute atomic E-state index is 13.8. The van der Waals surface area contributed by atoms with Gasteiger partial charge in [-0.2, -0.15) is 0 Å². The maximum atomic E-state index is 13.8. The van der Waals surface area contributed by atoms with Gasteiger partial charge in [0.2, 0.25) is 5.06 Å². The van der Waals surface area contributed by atoms with Crippen LogP contribution < -0.4 is 9.64 Å². The van der Waals surface area contributed by atoms with Gasteiger partial charge in [-0.1, -0.05) is 64.9 Å². The van der Waals surface area contributed by atoms with Crippen molar-refractivity contribution in [1.29, 1.82) is 0 Å². The fourth-order valence-corrected chi connectivity index (χ4v) is 5.02. The minimum Gasteiger partial charge on any atom is -0.449 e. The normalized spacial score (nSPS) is 15.6. The van der Waals surface area contributed by atoms with Crippen LogP contribution in [-0.4, -0.2) is 42.2 Å². The Hall–Kier alpha value is -2.62. The summed E-state index contributed by atoms with van der Waals surface area (Å²) in [6, 6.07) is 15.1. The van der Waals surface area contributed by atoms with Crippen molar-refractivity contribution in [3.8, 4) is 15.5 Å². The molecule has 4 rings (SSSR count). The topological polar surface area (TPSA) is 85.3 Å². The van der Waals surface area contributed by atoms with Gasteiger partial charge in [-0.05, 0) is 43.7 Å². The van der Waals surface area contributed by atoms with Crippen LogP contribution in [0.15, 0.2) is 54.6 Å². The Balaban J connectivity index is 1.83. The number of benzene rings is 2. The number of nitrogens with zero attached hydrogens (tertiary/aromatic N) is 1. The highest BCUT2D eigenvalue weighted by Crippen LogP contribution is 2.45. The van der Waals surface area contributed by atoms with Crippen molar-refractivity contribution in [2.75, 3.05) is 18.1 Å². The van der Waals surface area contributed by atoms with Gasteiger partial charge in [-0.15, -0.1) is 0 Å². The number of anilines is 1. The number of rotatable bonds is 5. The van der Waals surface area contributed by atoms with Gasteiger partial charge in [0.1, 0.15) is 0 Å². The lowest BCUT2D eigenvalue weighted by Gasteiger charge is -2.40. The monoisotopic (exact) mass is 521 g/mol. The molecule has 1 aliphatic heterocycles. The smallest absolute Gasteiger partial charge is 0.449 e. The molecule has 1 amide bonds. The number of ether oxygens (including phenoxy) is 3. The first kappa shape index (κ1) is 24.5. The van der Waals surface area contributed by atoms with Gasteiger partial charge in [0.15, 0.2) is 5.79 Å². The summed E-state index contributed by atoms with van der Waals surface area (Å²) >= 11 is 13.5. The standard InChI is InChI=1S/C24H21Cl2NO6S/c1-24(2)31-12-16(13-32-24)27(21(28)17-9-8-15(25)10-18(17)26)19-11-20(14-6-4-3-5-7-14)34-22(19)33-23(29)30/h3-11,16H,12-13H2,1-2H3,(H,29,30). The van der Waals surface area contributed by atoms with E-state index in [0.717, 1.165) is 21.8 Å². The van der Waals surface area contributed by atoms with Crippen LogP contribution >= 0.6 is 34.5 Å². The molecule has 0 bridgehead atoms. The average molecular weight is 522 g/mol. The predicted molar refractivity (Wildman–Crippen MR) is 131 cm³/mol. The van der Waals surface area contributed by atoms with E-state index in [1.165, 1.54) is 17.0 Å². The van der Waals surface area contributed by atoms with Crippen LogP contribution in [0.25, 0.3) is 10.4 Å². The van der Waals surface area contributed by atoms with E-state index in [1.807, 2.05) is 30.3 Å². The van der Waals surface area contributed by atoms with E-state index in [4.69, 9.17) is 37.4 Å². The molecule has 34 heavy (non-hydrogen) atoms. The Kier molecular flexibility index (Phi) is 7.16. The fraction of sp³-hybridized carbons (Fsp3) is 0.250. The Morgan fingerprint density at radius 1 is 1.09 bits per heavy atom. The lowest BCUT2D eigenvalue weighted by molar-refractivity contribution is -0.249. The van der Waals surface area contributed by atoms with Gasteiger partial charge in [0.25, 0.3) is 5.91 Å². The first-order valence-electron chi connectivity index (χ1n) is 10.3. The zero-order chi connectivity index (χ0) is 24.5. The number of halogens is 2. The van der Waals surface area contributed by atoms with Gasteiger partial charge in [0.05, 0.1) is 35.5 Å². The molecular weight excluding hydrogens is 501 g/mol. The summed E-state index contributed by atoms with van der Waals surface area (Å²) in [5, 5.41) is 9.96. The van der Waals surface area contributed by atoms with Crippen LogP contribution in [0.4, 0.5) is 10.5 Å². The zero-order valence-corrected chi connectivity index (χ0v) is 20.6. The van der Waals surface area contributed by atoms with Crippen LogP contribution in [0.2, 0.25) is 10.0 Å². The van der Waals surface area contributed by atoms with E-state index < -0.39 is 23.9 Å². The summed E-state index contributed by atoms with van der Waals surface area (Å²) in [5.74, 6) is -1.28. The van der Waals surface area contributed by atoms with E-state index in [0.29, 0.717) is 5.02 Å². The van der Waals surface area contributed by atoms with Crippen molar-refractivity contribution in [2.24, 2.45) is 0 Å². The van der Waals surface area contributed by atoms with E-state index in [-0.39, 0.29) is 34.6 Å². The molecule has 1 aliphatic rings. The molecule has 0 spiro atoms. The van der Waals surface area contributed by atoms with Gasteiger partial charge in [-0.3, -0.25) is 9.69 Å². The van der Waals surface area contributed by atoms with Crippen molar-refractivity contribution in [1.82, 2.24) is 0 Å². The quantitative estimate of drug-likeness (QED) is 0.381. The molecule has 178 valence electrons. The molecule has 0 unspecified atom stereocenters. The number of carboxylic acid groups (broad SMARTS) is 1. The molecular formula is C24H21Cl2NO6S. The molecule has 2 heterocycles. The average Bonchev–Trinajstić information content (AvgIpc) is 3.18. The highest BCUT2D eigenvalue weighted by atomic mass is 35.5. The number of hydrogen-bond donors (Lipinski definition) is 1. The van der Waals surface area contributed by atoms with Crippen LogP contribution in [0.3, 0.4) is 0 Å². The third-order valence-electron chi connectivity index (χ3n) is 5.17. The second-order valence-corrected chi connectivity index (χ2v) is 9.85. The molecule has 7 nitrogen and oxygen atoms in total. The first-order chi connectivity index (χ1) is 16.1. The second kappa shape index (κ2) is 9.93. The Bertz CT molecular complexity index is 1200. The van der Waals surface area contributed by atoms with Crippen molar-refractivity contribution < 1.29 is 28.9 Å². The van der Waals surface area contributed by atoms with Crippen molar-refractivity contribution in [3.63, 3.8) is 0 Å². The fourth-order valence-electron chi connectivity index (χ4n) is 3.53. The largest absolute Gasteiger partial charge is 0.512 e. The molecule has 1 aromatic heterocycles. The van der Waals surface area contributed by atoms with E-state index >= 15 is 0 Å². The lowest BCUT2D eigenvalue weighted by atomic mass is 10.1. The minimum absolute atomic E-state index is 0.0506. The predicted octanol–water partition coefficient (Wildman–Crippen LogP) is 6.58. The Morgan fingerprint density at radius 3 is 2.38 bits per heavy atom. The second-order valence-electron chi connectivity index (χ2n) is 7.99. The maximum Gasteiger partial charge on any atom is 0.512 e. The van der Waals surface area contributed by atoms with E-state index in [2.05, 4.69) is 0 Å². The van der Waals surface area contributed by atoms with Crippen LogP contribution in [0.1, 0.15) is 24.2 Å². The van der Waals surface area contributed by atoms with Crippen molar-refractivity contribution in [3.05, 3.63) is 70.2 Å². The van der Waals surface area contributed by atoms with Crippen molar-refractivity contribution in [2.45, 2.75) is 25.7 Å². The number of hydrogen-bond acceptors (Lipinski definition) is 6. The number of thiophene rings is 1.